The summed E-state index contributed by atoms with van der Waals surface area (Å²) >= 11 is 0. The number of carboxylic acid groups (broad SMARTS) is 1. The van der Waals surface area contributed by atoms with E-state index in [1.807, 2.05) is 6.07 Å². The third kappa shape index (κ3) is 3.09. The number of benzene rings is 2. The summed E-state index contributed by atoms with van der Waals surface area (Å²) in [5.41, 5.74) is 6.68. The highest BCUT2D eigenvalue weighted by molar-refractivity contribution is 6.23. The fourth-order valence-electron chi connectivity index (χ4n) is 4.09. The number of H-pyrrole nitrogens is 1. The van der Waals surface area contributed by atoms with Gasteiger partial charge in [0.05, 0.1) is 5.52 Å². The summed E-state index contributed by atoms with van der Waals surface area (Å²) in [5.74, 6) is -0.0196. The maximum absolute atomic E-state index is 8.89. The van der Waals surface area contributed by atoms with Crippen LogP contribution in [-0.4, -0.2) is 15.9 Å². The molecule has 0 radical (unpaired) electrons. The number of hydrogen-bond acceptors (Lipinski definition) is 4. The smallest absolute Gasteiger partial charge is 0.198 e. The van der Waals surface area contributed by atoms with Crippen LogP contribution < -0.4 is 9.67 Å². The minimum Gasteiger partial charge on any atom is -0.550 e. The average molecular weight is 403 g/mol. The maximum Gasteiger partial charge on any atom is 0.198 e. The van der Waals surface area contributed by atoms with Crippen LogP contribution in [0.5, 0.6) is 0 Å². The first-order valence-electron chi connectivity index (χ1n) is 9.99. The van der Waals surface area contributed by atoms with E-state index in [0.29, 0.717) is 0 Å². The van der Waals surface area contributed by atoms with Gasteiger partial charge in [0.2, 0.25) is 0 Å². The molecule has 0 bridgehead atoms. The van der Waals surface area contributed by atoms with Gasteiger partial charge in [0.15, 0.2) is 23.9 Å². The summed E-state index contributed by atoms with van der Waals surface area (Å²) in [6.07, 6.45) is 4.31. The van der Waals surface area contributed by atoms with Gasteiger partial charge in [0, 0.05) is 39.6 Å². The van der Waals surface area contributed by atoms with Gasteiger partial charge in [-0.2, -0.15) is 0 Å². The van der Waals surface area contributed by atoms with Crippen LogP contribution in [0.15, 0.2) is 35.0 Å². The Balaban J connectivity index is 0.000000503. The number of aryl methyl sites for hydroxylation is 3. The Morgan fingerprint density at radius 2 is 1.83 bits per heavy atom. The van der Waals surface area contributed by atoms with Crippen LogP contribution in [0.3, 0.4) is 0 Å². The largest absolute Gasteiger partial charge is 0.550 e. The molecule has 0 saturated carbocycles. The molecule has 0 atom stereocenters. The van der Waals surface area contributed by atoms with Crippen LogP contribution in [0.25, 0.3) is 43.7 Å². The number of hydrogen-bond donors (Lipinski definition) is 1. The van der Waals surface area contributed by atoms with Crippen LogP contribution in [0, 0.1) is 13.8 Å². The molecule has 3 aromatic heterocycles. The summed E-state index contributed by atoms with van der Waals surface area (Å²) in [7, 11) is 2.07. The number of nitrogens with one attached hydrogen (secondary N) is 1. The zero-order valence-corrected chi connectivity index (χ0v) is 18.1. The second-order valence-corrected chi connectivity index (χ2v) is 8.10. The molecule has 0 spiro atoms. The molecule has 30 heavy (non-hydrogen) atoms. The minimum absolute atomic E-state index is 0.269. The van der Waals surface area contributed by atoms with E-state index in [2.05, 4.69) is 68.8 Å². The normalized spacial score (nSPS) is 11.6. The number of pyridine rings is 1. The van der Waals surface area contributed by atoms with Crippen molar-refractivity contribution in [2.24, 2.45) is 7.05 Å². The highest BCUT2D eigenvalue weighted by atomic mass is 16.4. The number of carbonyl (C=O) groups is 1. The SMILES string of the molecule is CC(=O)[O-].Cc1c2cc[n+](C)cc2c(C)c2c1[nH]c1ccc3oc(C(C)C)nc3c12. The molecule has 5 rings (SSSR count). The number of carbonyl (C=O) groups excluding carboxylic acids is 1. The lowest BCUT2D eigenvalue weighted by molar-refractivity contribution is -0.670. The summed E-state index contributed by atoms with van der Waals surface area (Å²) in [6, 6.07) is 6.33. The lowest BCUT2D eigenvalue weighted by Gasteiger charge is -2.07. The zero-order valence-electron chi connectivity index (χ0n) is 18.1. The molecule has 0 aliphatic carbocycles. The molecule has 0 aliphatic heterocycles. The minimum atomic E-state index is -1.08. The second-order valence-electron chi connectivity index (χ2n) is 8.10. The molecule has 0 amide bonds. The van der Waals surface area contributed by atoms with Crippen molar-refractivity contribution in [2.45, 2.75) is 40.5 Å². The highest BCUT2D eigenvalue weighted by Gasteiger charge is 2.20. The molecule has 3 heterocycles. The molecular formula is C24H25N3O3. The first-order valence-corrected chi connectivity index (χ1v) is 9.99. The molecule has 2 aromatic carbocycles. The quantitative estimate of drug-likeness (QED) is 0.430. The summed E-state index contributed by atoms with van der Waals surface area (Å²) in [6.45, 7) is 9.60. The van der Waals surface area contributed by atoms with Crippen molar-refractivity contribution in [3.63, 3.8) is 0 Å². The van der Waals surface area contributed by atoms with E-state index in [0.717, 1.165) is 29.4 Å². The second kappa shape index (κ2) is 7.13. The van der Waals surface area contributed by atoms with Crippen molar-refractivity contribution in [3.05, 3.63) is 47.6 Å². The van der Waals surface area contributed by atoms with E-state index in [-0.39, 0.29) is 5.92 Å². The van der Waals surface area contributed by atoms with E-state index in [1.165, 1.54) is 38.2 Å². The van der Waals surface area contributed by atoms with E-state index < -0.39 is 5.97 Å². The lowest BCUT2D eigenvalue weighted by Crippen LogP contribution is -2.26. The van der Waals surface area contributed by atoms with Gasteiger partial charge >= 0.3 is 0 Å². The predicted molar refractivity (Wildman–Crippen MR) is 116 cm³/mol. The molecule has 6 nitrogen and oxygen atoms in total. The molecule has 0 fully saturated rings. The number of rotatable bonds is 1. The van der Waals surface area contributed by atoms with E-state index in [1.54, 1.807) is 0 Å². The van der Waals surface area contributed by atoms with Crippen LogP contribution in [-0.2, 0) is 11.8 Å². The number of carboxylic acids is 1. The predicted octanol–water partition coefficient (Wildman–Crippen LogP) is 3.94. The standard InChI is InChI=1S/C22H21N3O.C2H4O2/c1-11(2)22-24-21-17(26-22)7-6-16-19(21)18-12(3)15-10-25(5)9-8-14(15)13(4)20(18)23-16;1-2(3)4/h6-11H,1-5H3;1H3,(H,3,4). The van der Waals surface area contributed by atoms with Crippen molar-refractivity contribution in [3.8, 4) is 0 Å². The number of aromatic nitrogens is 3. The highest BCUT2D eigenvalue weighted by Crippen LogP contribution is 2.39. The van der Waals surface area contributed by atoms with E-state index >= 15 is 0 Å². The van der Waals surface area contributed by atoms with E-state index in [9.17, 15) is 0 Å². The fourth-order valence-corrected chi connectivity index (χ4v) is 4.09. The average Bonchev–Trinajstić information content (AvgIpc) is 3.27. The number of oxazole rings is 1. The van der Waals surface area contributed by atoms with Crippen LogP contribution in [0.1, 0.15) is 43.7 Å². The van der Waals surface area contributed by atoms with Gasteiger partial charge < -0.3 is 19.3 Å². The molecule has 0 unspecified atom stereocenters. The van der Waals surface area contributed by atoms with Gasteiger partial charge in [-0.1, -0.05) is 13.8 Å². The molecule has 154 valence electrons. The molecular weight excluding hydrogens is 378 g/mol. The first kappa shape index (κ1) is 19.9. The van der Waals surface area contributed by atoms with Crippen molar-refractivity contribution in [2.75, 3.05) is 0 Å². The molecule has 0 saturated heterocycles. The molecule has 0 aliphatic rings. The monoisotopic (exact) mass is 403 g/mol. The Labute approximate surface area is 174 Å². The zero-order chi connectivity index (χ0) is 21.7. The molecule has 6 heteroatoms. The van der Waals surface area contributed by atoms with Crippen molar-refractivity contribution in [1.29, 1.82) is 0 Å². The van der Waals surface area contributed by atoms with Crippen molar-refractivity contribution in [1.82, 2.24) is 9.97 Å². The number of aliphatic carboxylic acids is 1. The first-order chi connectivity index (χ1) is 14.2. The van der Waals surface area contributed by atoms with Gasteiger partial charge in [-0.25, -0.2) is 9.55 Å². The number of nitrogens with zero attached hydrogens (tertiary/aromatic N) is 2. The summed E-state index contributed by atoms with van der Waals surface area (Å²) in [4.78, 5) is 17.4. The Bertz CT molecular complexity index is 1440. The third-order valence-corrected chi connectivity index (χ3v) is 5.49. The van der Waals surface area contributed by atoms with Crippen molar-refractivity contribution < 1.29 is 18.9 Å². The topological polar surface area (TPSA) is 85.8 Å². The number of aromatic amines is 1. The Morgan fingerprint density at radius 3 is 2.50 bits per heavy atom. The lowest BCUT2D eigenvalue weighted by atomic mass is 9.96. The Morgan fingerprint density at radius 1 is 1.13 bits per heavy atom. The van der Waals surface area contributed by atoms with Crippen LogP contribution >= 0.6 is 0 Å². The van der Waals surface area contributed by atoms with Crippen molar-refractivity contribution >= 4 is 49.6 Å². The van der Waals surface area contributed by atoms with Gasteiger partial charge in [-0.05, 0) is 49.4 Å². The van der Waals surface area contributed by atoms with Gasteiger partial charge in [0.1, 0.15) is 12.6 Å². The fraction of sp³-hybridized carbons (Fsp3) is 0.292. The van der Waals surface area contributed by atoms with E-state index in [4.69, 9.17) is 19.3 Å². The maximum atomic E-state index is 8.89. The van der Waals surface area contributed by atoms with Crippen LogP contribution in [0.2, 0.25) is 0 Å². The van der Waals surface area contributed by atoms with Gasteiger partial charge in [0.25, 0.3) is 0 Å². The number of fused-ring (bicyclic) bond motifs is 6. The summed E-state index contributed by atoms with van der Waals surface area (Å²) < 4.78 is 8.11. The molecule has 1 N–H and O–H groups in total. The Hall–Kier alpha value is -3.41. The summed E-state index contributed by atoms with van der Waals surface area (Å²) in [5, 5.41) is 13.9. The van der Waals surface area contributed by atoms with Crippen LogP contribution in [0.4, 0.5) is 0 Å². The van der Waals surface area contributed by atoms with Gasteiger partial charge in [-0.15, -0.1) is 0 Å². The Kier molecular flexibility index (Phi) is 4.73. The molecule has 5 aromatic rings. The third-order valence-electron chi connectivity index (χ3n) is 5.49. The van der Waals surface area contributed by atoms with Gasteiger partial charge in [-0.3, -0.25) is 0 Å².